The first kappa shape index (κ1) is 29.1. The van der Waals surface area contributed by atoms with Gasteiger partial charge in [-0.1, -0.05) is 55.8 Å². The number of carboxylic acid groups (broad SMARTS) is 1. The Bertz CT molecular complexity index is 1280. The largest absolute Gasteiger partial charge is 0.492 e. The summed E-state index contributed by atoms with van der Waals surface area (Å²) in [6, 6.07) is 12.7. The molecule has 0 fully saturated rings. The number of aromatic nitrogens is 2. The molecule has 0 unspecified atom stereocenters. The zero-order valence-electron chi connectivity index (χ0n) is 22.5. The number of ether oxygens (including phenoxy) is 1. The summed E-state index contributed by atoms with van der Waals surface area (Å²) >= 11 is 6.44. The van der Waals surface area contributed by atoms with Crippen LogP contribution in [0.5, 0.6) is 5.75 Å². The molecule has 3 aromatic rings. The van der Waals surface area contributed by atoms with E-state index in [1.54, 1.807) is 12.3 Å². The molecule has 0 spiro atoms. The molecule has 0 saturated carbocycles. The summed E-state index contributed by atoms with van der Waals surface area (Å²) in [5, 5.41) is 12.5. The first-order valence-electron chi connectivity index (χ1n) is 12.6. The van der Waals surface area contributed by atoms with Gasteiger partial charge in [0.05, 0.1) is 23.7 Å². The third-order valence-electron chi connectivity index (χ3n) is 6.15. The minimum Gasteiger partial charge on any atom is -0.492 e. The molecular weight excluding hydrogens is 504 g/mol. The van der Waals surface area contributed by atoms with Crippen molar-refractivity contribution in [2.24, 2.45) is 5.92 Å². The van der Waals surface area contributed by atoms with Gasteiger partial charge in [-0.05, 0) is 56.6 Å². The molecule has 38 heavy (non-hydrogen) atoms. The van der Waals surface area contributed by atoms with E-state index in [1.165, 1.54) is 0 Å². The first-order valence-corrected chi connectivity index (χ1v) is 13.0. The van der Waals surface area contributed by atoms with Crippen molar-refractivity contribution >= 4 is 23.5 Å². The number of aliphatic carboxylic acids is 1. The molecule has 0 aliphatic rings. The molecule has 0 radical (unpaired) electrons. The number of carbonyl (C=O) groups excluding carboxylic acids is 1. The van der Waals surface area contributed by atoms with Crippen LogP contribution in [0.15, 0.2) is 48.7 Å². The molecule has 3 rings (SSSR count). The Kier molecular flexibility index (Phi) is 10.2. The maximum atomic E-state index is 13.1. The predicted octanol–water partition coefficient (Wildman–Crippen LogP) is 5.33. The fourth-order valence-corrected chi connectivity index (χ4v) is 4.15. The number of hydrogen-bond donors (Lipinski definition) is 2. The standard InChI is InChI=1S/C29H35ClN4O4/c1-18(2)24(16-26(35)36)32-29(37)28-31-17-22(21-10-7-6-9-19(21)3)27(33-28)20-11-12-23(30)25(15-20)38-14-8-13-34(4)5/h6-7,9-12,15,17-18,24H,8,13-14,16H2,1-5H3,(H,32,37)(H,35,36)/t24-/m0/s1. The fourth-order valence-electron chi connectivity index (χ4n) is 3.98. The highest BCUT2D eigenvalue weighted by Gasteiger charge is 2.23. The van der Waals surface area contributed by atoms with Crippen LogP contribution >= 0.6 is 11.6 Å². The number of hydrogen-bond acceptors (Lipinski definition) is 6. The lowest BCUT2D eigenvalue weighted by molar-refractivity contribution is -0.137. The number of aryl methyl sites for hydroxylation is 1. The molecule has 1 amide bonds. The van der Waals surface area contributed by atoms with Gasteiger partial charge in [0.15, 0.2) is 0 Å². The van der Waals surface area contributed by atoms with E-state index in [2.05, 4.69) is 20.2 Å². The molecule has 0 aliphatic heterocycles. The Morgan fingerprint density at radius 2 is 1.87 bits per heavy atom. The average molecular weight is 539 g/mol. The van der Waals surface area contributed by atoms with Crippen molar-refractivity contribution in [1.29, 1.82) is 0 Å². The van der Waals surface area contributed by atoms with E-state index in [-0.39, 0.29) is 18.2 Å². The molecule has 2 aromatic carbocycles. The van der Waals surface area contributed by atoms with E-state index in [9.17, 15) is 14.7 Å². The Morgan fingerprint density at radius 1 is 1.13 bits per heavy atom. The maximum absolute atomic E-state index is 13.1. The molecule has 0 saturated heterocycles. The molecule has 1 atom stereocenters. The van der Waals surface area contributed by atoms with Gasteiger partial charge in [-0.15, -0.1) is 0 Å². The molecule has 2 N–H and O–H groups in total. The molecule has 8 nitrogen and oxygen atoms in total. The van der Waals surface area contributed by atoms with Crippen LogP contribution in [0.25, 0.3) is 22.4 Å². The average Bonchev–Trinajstić information content (AvgIpc) is 2.86. The van der Waals surface area contributed by atoms with Gasteiger partial charge in [0.1, 0.15) is 5.75 Å². The van der Waals surface area contributed by atoms with Crippen molar-refractivity contribution in [3.05, 3.63) is 65.1 Å². The zero-order valence-corrected chi connectivity index (χ0v) is 23.2. The van der Waals surface area contributed by atoms with Crippen LogP contribution in [-0.4, -0.2) is 65.1 Å². The molecular formula is C29H35ClN4O4. The SMILES string of the molecule is Cc1ccccc1-c1cnc(C(=O)N[C@@H](CC(=O)O)C(C)C)nc1-c1ccc(Cl)c(OCCCN(C)C)c1. The van der Waals surface area contributed by atoms with Crippen LogP contribution in [0.2, 0.25) is 5.02 Å². The van der Waals surface area contributed by atoms with Gasteiger partial charge < -0.3 is 20.1 Å². The van der Waals surface area contributed by atoms with Crippen LogP contribution < -0.4 is 10.1 Å². The Labute approximate surface area is 229 Å². The maximum Gasteiger partial charge on any atom is 0.305 e. The van der Waals surface area contributed by atoms with Crippen LogP contribution in [0.3, 0.4) is 0 Å². The third kappa shape index (κ3) is 7.76. The topological polar surface area (TPSA) is 105 Å². The predicted molar refractivity (Wildman–Crippen MR) is 150 cm³/mol. The number of halogens is 1. The smallest absolute Gasteiger partial charge is 0.305 e. The van der Waals surface area contributed by atoms with Crippen molar-refractivity contribution < 1.29 is 19.4 Å². The molecule has 0 aliphatic carbocycles. The molecule has 202 valence electrons. The summed E-state index contributed by atoms with van der Waals surface area (Å²) in [5.74, 6) is -1.11. The van der Waals surface area contributed by atoms with Crippen molar-refractivity contribution in [2.75, 3.05) is 27.2 Å². The van der Waals surface area contributed by atoms with Gasteiger partial charge in [-0.3, -0.25) is 9.59 Å². The van der Waals surface area contributed by atoms with Gasteiger partial charge in [0.25, 0.3) is 5.91 Å². The fraction of sp³-hybridized carbons (Fsp3) is 0.379. The third-order valence-corrected chi connectivity index (χ3v) is 6.47. The number of nitrogens with zero attached hydrogens (tertiary/aromatic N) is 3. The summed E-state index contributed by atoms with van der Waals surface area (Å²) in [6.07, 6.45) is 2.28. The second-order valence-corrected chi connectivity index (χ2v) is 10.3. The number of amides is 1. The summed E-state index contributed by atoms with van der Waals surface area (Å²) in [4.78, 5) is 35.5. The van der Waals surface area contributed by atoms with E-state index < -0.39 is 17.9 Å². The summed E-state index contributed by atoms with van der Waals surface area (Å²) in [7, 11) is 4.02. The lowest BCUT2D eigenvalue weighted by Gasteiger charge is -2.20. The van der Waals surface area contributed by atoms with Crippen molar-refractivity contribution in [3.8, 4) is 28.1 Å². The van der Waals surface area contributed by atoms with Gasteiger partial charge in [-0.2, -0.15) is 0 Å². The van der Waals surface area contributed by atoms with Gasteiger partial charge >= 0.3 is 5.97 Å². The minimum absolute atomic E-state index is 0.0447. The monoisotopic (exact) mass is 538 g/mol. The van der Waals surface area contributed by atoms with Crippen LogP contribution in [0.4, 0.5) is 0 Å². The molecule has 0 bridgehead atoms. The van der Waals surface area contributed by atoms with E-state index in [0.29, 0.717) is 23.1 Å². The quantitative estimate of drug-likeness (QED) is 0.300. The Morgan fingerprint density at radius 3 is 2.53 bits per heavy atom. The lowest BCUT2D eigenvalue weighted by Crippen LogP contribution is -2.40. The lowest BCUT2D eigenvalue weighted by atomic mass is 9.97. The van der Waals surface area contributed by atoms with E-state index in [1.807, 2.05) is 71.3 Å². The highest BCUT2D eigenvalue weighted by atomic mass is 35.5. The zero-order chi connectivity index (χ0) is 27.8. The van der Waals surface area contributed by atoms with E-state index >= 15 is 0 Å². The number of carbonyl (C=O) groups is 2. The summed E-state index contributed by atoms with van der Waals surface area (Å²) in [6.45, 7) is 7.10. The minimum atomic E-state index is -0.986. The van der Waals surface area contributed by atoms with Gasteiger partial charge in [0, 0.05) is 29.9 Å². The van der Waals surface area contributed by atoms with Crippen LogP contribution in [0.1, 0.15) is 42.9 Å². The summed E-state index contributed by atoms with van der Waals surface area (Å²) < 4.78 is 5.98. The molecule has 1 aromatic heterocycles. The van der Waals surface area contributed by atoms with E-state index in [4.69, 9.17) is 16.3 Å². The first-order chi connectivity index (χ1) is 18.1. The molecule has 1 heterocycles. The second kappa shape index (κ2) is 13.3. The van der Waals surface area contributed by atoms with E-state index in [0.717, 1.165) is 35.2 Å². The highest BCUT2D eigenvalue weighted by Crippen LogP contribution is 2.36. The molecule has 9 heteroatoms. The van der Waals surface area contributed by atoms with Crippen molar-refractivity contribution in [3.63, 3.8) is 0 Å². The number of nitrogens with one attached hydrogen (secondary N) is 1. The summed E-state index contributed by atoms with van der Waals surface area (Å²) in [5.41, 5.74) is 3.99. The van der Waals surface area contributed by atoms with Crippen molar-refractivity contribution in [1.82, 2.24) is 20.2 Å². The van der Waals surface area contributed by atoms with Gasteiger partial charge in [-0.25, -0.2) is 9.97 Å². The van der Waals surface area contributed by atoms with Crippen LogP contribution in [-0.2, 0) is 4.79 Å². The highest BCUT2D eigenvalue weighted by molar-refractivity contribution is 6.32. The Balaban J connectivity index is 2.03. The van der Waals surface area contributed by atoms with Crippen molar-refractivity contribution in [2.45, 2.75) is 39.7 Å². The number of benzene rings is 2. The normalized spacial score (nSPS) is 12.0. The Hall–Kier alpha value is -3.49. The van der Waals surface area contributed by atoms with Gasteiger partial charge in [0.2, 0.25) is 5.82 Å². The number of carboxylic acids is 1. The number of rotatable bonds is 12. The van der Waals surface area contributed by atoms with Crippen LogP contribution in [0, 0.1) is 12.8 Å². The second-order valence-electron chi connectivity index (χ2n) is 9.84.